The highest BCUT2D eigenvalue weighted by molar-refractivity contribution is 5.80. The first-order valence-corrected chi connectivity index (χ1v) is 10.0. The monoisotopic (exact) mass is 440 g/mol. The summed E-state index contributed by atoms with van der Waals surface area (Å²) in [5, 5.41) is 21.2. The zero-order valence-electron chi connectivity index (χ0n) is 17.6. The van der Waals surface area contributed by atoms with Crippen LogP contribution in [0.2, 0.25) is 0 Å². The highest BCUT2D eigenvalue weighted by Crippen LogP contribution is 2.21. The number of hydrazone groups is 1. The number of para-hydroxylation sites is 1. The molecular formula is C23H20N8O2. The highest BCUT2D eigenvalue weighted by atomic mass is 16.6. The molecule has 0 radical (unpaired) electrons. The third kappa shape index (κ3) is 6.07. The molecular weight excluding hydrogens is 420 g/mol. The molecule has 3 N–H and O–H groups in total. The fourth-order valence-corrected chi connectivity index (χ4v) is 2.80. The molecule has 0 fully saturated rings. The first kappa shape index (κ1) is 21.4. The summed E-state index contributed by atoms with van der Waals surface area (Å²) in [6, 6.07) is 23.3. The van der Waals surface area contributed by atoms with E-state index in [1.165, 1.54) is 12.1 Å². The Morgan fingerprint density at radius 2 is 1.36 bits per heavy atom. The molecule has 0 atom stereocenters. The van der Waals surface area contributed by atoms with Crippen molar-refractivity contribution >= 4 is 41.1 Å². The lowest BCUT2D eigenvalue weighted by atomic mass is 10.2. The average molecular weight is 440 g/mol. The normalized spacial score (nSPS) is 10.7. The molecule has 4 rings (SSSR count). The second-order valence-corrected chi connectivity index (χ2v) is 7.01. The van der Waals surface area contributed by atoms with Crippen molar-refractivity contribution in [3.05, 3.63) is 100 Å². The lowest BCUT2D eigenvalue weighted by Gasteiger charge is -2.10. The van der Waals surface area contributed by atoms with Crippen molar-refractivity contribution in [2.75, 3.05) is 16.1 Å². The Balaban J connectivity index is 1.56. The Bertz CT molecular complexity index is 1260. The maximum atomic E-state index is 10.9. The lowest BCUT2D eigenvalue weighted by Crippen LogP contribution is -2.07. The van der Waals surface area contributed by atoms with Gasteiger partial charge in [0.25, 0.3) is 5.69 Å². The van der Waals surface area contributed by atoms with Gasteiger partial charge in [-0.15, -0.1) is 0 Å². The standard InChI is InChI=1S/C23H20N8O2/c1-16-7-9-17(10-8-16)15-24-30-23-28-21(25-18-5-3-2-4-6-18)27-22(29-23)26-19-11-13-20(14-12-19)31(32)33/h2-15H,1H3,(H3,25,26,27,28,29,30). The molecule has 1 aromatic heterocycles. The second-order valence-electron chi connectivity index (χ2n) is 7.01. The number of benzene rings is 3. The van der Waals surface area contributed by atoms with Crippen molar-refractivity contribution in [2.45, 2.75) is 6.92 Å². The van der Waals surface area contributed by atoms with Crippen molar-refractivity contribution in [1.82, 2.24) is 15.0 Å². The molecule has 10 nitrogen and oxygen atoms in total. The van der Waals surface area contributed by atoms with Gasteiger partial charge in [-0.3, -0.25) is 10.1 Å². The molecule has 1 heterocycles. The largest absolute Gasteiger partial charge is 0.324 e. The number of nitrogens with one attached hydrogen (secondary N) is 3. The van der Waals surface area contributed by atoms with Crippen molar-refractivity contribution in [3.63, 3.8) is 0 Å². The predicted molar refractivity (Wildman–Crippen MR) is 128 cm³/mol. The van der Waals surface area contributed by atoms with Crippen LogP contribution in [0.4, 0.5) is 34.9 Å². The van der Waals surface area contributed by atoms with E-state index in [4.69, 9.17) is 0 Å². The van der Waals surface area contributed by atoms with E-state index in [1.807, 2.05) is 61.5 Å². The highest BCUT2D eigenvalue weighted by Gasteiger charge is 2.09. The van der Waals surface area contributed by atoms with E-state index < -0.39 is 4.92 Å². The first-order valence-electron chi connectivity index (χ1n) is 10.0. The van der Waals surface area contributed by atoms with Crippen LogP contribution in [0.15, 0.2) is 84.0 Å². The molecule has 0 saturated heterocycles. The maximum absolute atomic E-state index is 10.9. The molecule has 0 unspecified atom stereocenters. The van der Waals surface area contributed by atoms with E-state index in [0.717, 1.165) is 16.8 Å². The van der Waals surface area contributed by atoms with Crippen molar-refractivity contribution in [2.24, 2.45) is 5.10 Å². The van der Waals surface area contributed by atoms with Gasteiger partial charge in [0.15, 0.2) is 0 Å². The Morgan fingerprint density at radius 1 is 0.788 bits per heavy atom. The summed E-state index contributed by atoms with van der Waals surface area (Å²) in [7, 11) is 0. The molecule has 0 bridgehead atoms. The summed E-state index contributed by atoms with van der Waals surface area (Å²) in [6.45, 7) is 2.02. The number of nitro benzene ring substituents is 1. The van der Waals surface area contributed by atoms with E-state index in [0.29, 0.717) is 11.6 Å². The van der Waals surface area contributed by atoms with Crippen LogP contribution in [-0.2, 0) is 0 Å². The van der Waals surface area contributed by atoms with Gasteiger partial charge in [-0.2, -0.15) is 20.1 Å². The number of rotatable bonds is 8. The summed E-state index contributed by atoms with van der Waals surface area (Å²) >= 11 is 0. The molecule has 3 aromatic carbocycles. The number of nitro groups is 1. The van der Waals surface area contributed by atoms with E-state index in [2.05, 4.69) is 36.1 Å². The maximum Gasteiger partial charge on any atom is 0.269 e. The number of anilines is 5. The van der Waals surface area contributed by atoms with Crippen molar-refractivity contribution < 1.29 is 4.92 Å². The van der Waals surface area contributed by atoms with Crippen LogP contribution in [0.5, 0.6) is 0 Å². The third-order valence-corrected chi connectivity index (χ3v) is 4.46. The average Bonchev–Trinajstić information content (AvgIpc) is 2.81. The van der Waals surface area contributed by atoms with Crippen LogP contribution in [-0.4, -0.2) is 26.1 Å². The van der Waals surface area contributed by atoms with Crippen LogP contribution < -0.4 is 16.1 Å². The Morgan fingerprint density at radius 3 is 1.97 bits per heavy atom. The molecule has 0 aliphatic heterocycles. The predicted octanol–water partition coefficient (Wildman–Crippen LogP) is 5.02. The fraction of sp³-hybridized carbons (Fsp3) is 0.0435. The lowest BCUT2D eigenvalue weighted by molar-refractivity contribution is -0.384. The van der Waals surface area contributed by atoms with Gasteiger partial charge in [0.05, 0.1) is 11.1 Å². The van der Waals surface area contributed by atoms with Crippen LogP contribution in [0.3, 0.4) is 0 Å². The summed E-state index contributed by atoms with van der Waals surface area (Å²) < 4.78 is 0. The van der Waals surface area contributed by atoms with Crippen molar-refractivity contribution in [1.29, 1.82) is 0 Å². The molecule has 0 spiro atoms. The van der Waals surface area contributed by atoms with Crippen LogP contribution in [0.25, 0.3) is 0 Å². The Labute approximate surface area is 189 Å². The van der Waals surface area contributed by atoms with Gasteiger partial charge in [-0.25, -0.2) is 5.43 Å². The molecule has 0 saturated carbocycles. The molecule has 164 valence electrons. The second kappa shape index (κ2) is 9.96. The number of nitrogens with zero attached hydrogens (tertiary/aromatic N) is 5. The summed E-state index contributed by atoms with van der Waals surface area (Å²) in [4.78, 5) is 23.5. The van der Waals surface area contributed by atoms with Gasteiger partial charge in [0.1, 0.15) is 0 Å². The minimum atomic E-state index is -0.456. The van der Waals surface area contributed by atoms with Crippen LogP contribution in [0, 0.1) is 17.0 Å². The fourth-order valence-electron chi connectivity index (χ4n) is 2.80. The first-order chi connectivity index (χ1) is 16.0. The van der Waals surface area contributed by atoms with Gasteiger partial charge in [-0.05, 0) is 36.8 Å². The zero-order valence-corrected chi connectivity index (χ0v) is 17.6. The van der Waals surface area contributed by atoms with Crippen LogP contribution in [0.1, 0.15) is 11.1 Å². The summed E-state index contributed by atoms with van der Waals surface area (Å²) in [5.74, 6) is 0.759. The minimum Gasteiger partial charge on any atom is -0.324 e. The van der Waals surface area contributed by atoms with Gasteiger partial charge < -0.3 is 10.6 Å². The molecule has 0 aliphatic carbocycles. The molecule has 33 heavy (non-hydrogen) atoms. The smallest absolute Gasteiger partial charge is 0.269 e. The SMILES string of the molecule is Cc1ccc(C=NNc2nc(Nc3ccccc3)nc(Nc3ccc([N+](=O)[O-])cc3)n2)cc1. The molecule has 0 aliphatic rings. The van der Waals surface area contributed by atoms with Gasteiger partial charge in [0, 0.05) is 23.5 Å². The van der Waals surface area contributed by atoms with E-state index in [1.54, 1.807) is 18.3 Å². The van der Waals surface area contributed by atoms with Crippen LogP contribution >= 0.6 is 0 Å². The number of hydrogen-bond donors (Lipinski definition) is 3. The van der Waals surface area contributed by atoms with E-state index in [-0.39, 0.29) is 17.6 Å². The number of non-ortho nitro benzene ring substituents is 1. The third-order valence-electron chi connectivity index (χ3n) is 4.46. The molecule has 4 aromatic rings. The molecule has 0 amide bonds. The minimum absolute atomic E-state index is 0.00423. The Hall–Kier alpha value is -4.86. The van der Waals surface area contributed by atoms with Gasteiger partial charge >= 0.3 is 0 Å². The zero-order chi connectivity index (χ0) is 23.0. The van der Waals surface area contributed by atoms with Crippen molar-refractivity contribution in [3.8, 4) is 0 Å². The Kier molecular flexibility index (Phi) is 6.45. The molecule has 10 heteroatoms. The topological polar surface area (TPSA) is 130 Å². The van der Waals surface area contributed by atoms with Gasteiger partial charge in [-0.1, -0.05) is 48.0 Å². The van der Waals surface area contributed by atoms with E-state index in [9.17, 15) is 10.1 Å². The summed E-state index contributed by atoms with van der Waals surface area (Å²) in [5.41, 5.74) is 6.30. The number of aromatic nitrogens is 3. The van der Waals surface area contributed by atoms with Gasteiger partial charge in [0.2, 0.25) is 17.8 Å². The van der Waals surface area contributed by atoms with E-state index >= 15 is 0 Å². The summed E-state index contributed by atoms with van der Waals surface area (Å²) in [6.07, 6.45) is 1.66. The number of hydrogen-bond acceptors (Lipinski definition) is 9. The number of aryl methyl sites for hydroxylation is 1. The quantitative estimate of drug-likeness (QED) is 0.198.